The number of hydrogen-bond donors (Lipinski definition) is 1. The van der Waals surface area contributed by atoms with Crippen molar-refractivity contribution in [2.75, 3.05) is 7.05 Å². The molecule has 1 aromatic carbocycles. The summed E-state index contributed by atoms with van der Waals surface area (Å²) in [5.41, 5.74) is 5.31. The third-order valence-corrected chi connectivity index (χ3v) is 3.98. The molecule has 0 heterocycles. The van der Waals surface area contributed by atoms with E-state index >= 15 is 0 Å². The van der Waals surface area contributed by atoms with Gasteiger partial charge in [-0.2, -0.15) is 0 Å². The molecule has 0 spiro atoms. The number of amides is 1. The van der Waals surface area contributed by atoms with E-state index in [9.17, 15) is 13.6 Å². The first-order chi connectivity index (χ1) is 8.85. The largest absolute Gasteiger partial charge is 0.337 e. The molecule has 0 aliphatic heterocycles. The second-order valence-corrected chi connectivity index (χ2v) is 5.27. The van der Waals surface area contributed by atoms with Gasteiger partial charge in [0.05, 0.1) is 11.6 Å². The van der Waals surface area contributed by atoms with Crippen LogP contribution in [-0.4, -0.2) is 23.4 Å². The number of nitrogens with two attached hydrogens (primary N) is 1. The van der Waals surface area contributed by atoms with Gasteiger partial charge >= 0.3 is 0 Å². The Bertz CT molecular complexity index is 500. The topological polar surface area (TPSA) is 46.3 Å². The Labute approximate surface area is 111 Å². The van der Waals surface area contributed by atoms with Crippen LogP contribution in [0.5, 0.6) is 0 Å². The summed E-state index contributed by atoms with van der Waals surface area (Å²) in [7, 11) is 1.57. The highest BCUT2D eigenvalue weighted by atomic mass is 19.1. The summed E-state index contributed by atoms with van der Waals surface area (Å²) in [6.07, 6.45) is 2.22. The van der Waals surface area contributed by atoms with Gasteiger partial charge in [-0.25, -0.2) is 8.78 Å². The highest BCUT2D eigenvalue weighted by molar-refractivity contribution is 5.87. The molecular formula is C14H18F2N2O. The van der Waals surface area contributed by atoms with Crippen molar-refractivity contribution < 1.29 is 13.6 Å². The van der Waals surface area contributed by atoms with Crippen molar-refractivity contribution >= 4 is 5.91 Å². The third-order valence-electron chi connectivity index (χ3n) is 3.98. The summed E-state index contributed by atoms with van der Waals surface area (Å²) in [5, 5.41) is 0. The fraction of sp³-hybridized carbons (Fsp3) is 0.500. The molecule has 2 rings (SSSR count). The molecule has 1 amide bonds. The number of carbonyl (C=O) groups excluding carboxylic acids is 1. The van der Waals surface area contributed by atoms with Crippen molar-refractivity contribution in [3.63, 3.8) is 0 Å². The first-order valence-electron chi connectivity index (χ1n) is 6.36. The molecule has 0 saturated heterocycles. The highest BCUT2D eigenvalue weighted by Crippen LogP contribution is 2.33. The van der Waals surface area contributed by atoms with Crippen LogP contribution in [0.4, 0.5) is 8.78 Å². The minimum absolute atomic E-state index is 0.166. The molecule has 0 aromatic heterocycles. The molecule has 1 atom stereocenters. The van der Waals surface area contributed by atoms with Gasteiger partial charge in [-0.3, -0.25) is 4.79 Å². The summed E-state index contributed by atoms with van der Waals surface area (Å²) in [6.45, 7) is 1.66. The number of nitrogens with zero attached hydrogens (tertiary/aromatic N) is 1. The van der Waals surface area contributed by atoms with Gasteiger partial charge in [0.15, 0.2) is 0 Å². The first kappa shape index (κ1) is 13.9. The van der Waals surface area contributed by atoms with Crippen molar-refractivity contribution in [3.05, 3.63) is 35.4 Å². The molecule has 19 heavy (non-hydrogen) atoms. The Morgan fingerprint density at radius 1 is 1.42 bits per heavy atom. The lowest BCUT2D eigenvalue weighted by Crippen LogP contribution is -2.59. The molecule has 5 heteroatoms. The highest BCUT2D eigenvalue weighted by Gasteiger charge is 2.43. The van der Waals surface area contributed by atoms with Gasteiger partial charge in [-0.1, -0.05) is 0 Å². The summed E-state index contributed by atoms with van der Waals surface area (Å²) in [5.74, 6) is -1.25. The maximum Gasteiger partial charge on any atom is 0.242 e. The Morgan fingerprint density at radius 3 is 2.58 bits per heavy atom. The van der Waals surface area contributed by atoms with Crippen molar-refractivity contribution in [1.29, 1.82) is 0 Å². The predicted molar refractivity (Wildman–Crippen MR) is 68.3 cm³/mol. The van der Waals surface area contributed by atoms with E-state index in [4.69, 9.17) is 5.73 Å². The summed E-state index contributed by atoms with van der Waals surface area (Å²) < 4.78 is 26.9. The van der Waals surface area contributed by atoms with Crippen LogP contribution in [0.2, 0.25) is 0 Å². The van der Waals surface area contributed by atoms with E-state index < -0.39 is 23.2 Å². The number of benzene rings is 1. The van der Waals surface area contributed by atoms with E-state index in [2.05, 4.69) is 0 Å². The molecule has 1 aliphatic rings. The lowest BCUT2D eigenvalue weighted by molar-refractivity contribution is -0.140. The summed E-state index contributed by atoms with van der Waals surface area (Å²) in [4.78, 5) is 13.6. The van der Waals surface area contributed by atoms with Crippen LogP contribution in [0.3, 0.4) is 0 Å². The SMILES string of the molecule is CC(c1cc(F)ccc1F)N(C)C(=O)C1(N)CCC1. The molecule has 0 bridgehead atoms. The van der Waals surface area contributed by atoms with Crippen LogP contribution in [0.25, 0.3) is 0 Å². The number of rotatable bonds is 3. The zero-order valence-electron chi connectivity index (χ0n) is 11.1. The minimum Gasteiger partial charge on any atom is -0.337 e. The summed E-state index contributed by atoms with van der Waals surface area (Å²) in [6, 6.07) is 2.70. The Balaban J connectivity index is 2.21. The number of hydrogen-bond acceptors (Lipinski definition) is 2. The second kappa shape index (κ2) is 4.89. The number of likely N-dealkylation sites (N-methyl/N-ethyl adjacent to an activating group) is 1. The van der Waals surface area contributed by atoms with E-state index in [1.807, 2.05) is 0 Å². The number of halogens is 2. The van der Waals surface area contributed by atoms with Gasteiger partial charge < -0.3 is 10.6 Å². The molecule has 104 valence electrons. The quantitative estimate of drug-likeness (QED) is 0.914. The van der Waals surface area contributed by atoms with Crippen LogP contribution in [0.15, 0.2) is 18.2 Å². The molecule has 1 saturated carbocycles. The summed E-state index contributed by atoms with van der Waals surface area (Å²) >= 11 is 0. The van der Waals surface area contributed by atoms with Gasteiger partial charge in [0.1, 0.15) is 11.6 Å². The first-order valence-corrected chi connectivity index (χ1v) is 6.36. The van der Waals surface area contributed by atoms with Crippen molar-refractivity contribution in [2.45, 2.75) is 37.8 Å². The smallest absolute Gasteiger partial charge is 0.242 e. The molecule has 1 aliphatic carbocycles. The lowest BCUT2D eigenvalue weighted by atomic mass is 9.76. The zero-order chi connectivity index (χ0) is 14.2. The van der Waals surface area contributed by atoms with Crippen LogP contribution in [-0.2, 0) is 4.79 Å². The fourth-order valence-electron chi connectivity index (χ4n) is 2.34. The zero-order valence-corrected chi connectivity index (χ0v) is 11.1. The van der Waals surface area contributed by atoms with E-state index in [0.29, 0.717) is 12.8 Å². The Hall–Kier alpha value is -1.49. The third kappa shape index (κ3) is 2.47. The standard InChI is InChI=1S/C14H18F2N2O/c1-9(11-8-10(15)4-5-12(11)16)18(2)13(19)14(17)6-3-7-14/h4-5,8-9H,3,6-7,17H2,1-2H3. The average Bonchev–Trinajstić information content (AvgIpc) is 2.36. The monoisotopic (exact) mass is 268 g/mol. The molecule has 2 N–H and O–H groups in total. The maximum atomic E-state index is 13.7. The Kier molecular flexibility index (Phi) is 3.58. The van der Waals surface area contributed by atoms with E-state index in [0.717, 1.165) is 24.6 Å². The van der Waals surface area contributed by atoms with Gasteiger partial charge in [0.25, 0.3) is 0 Å². The molecular weight excluding hydrogens is 250 g/mol. The van der Waals surface area contributed by atoms with Crippen LogP contribution >= 0.6 is 0 Å². The van der Waals surface area contributed by atoms with Crippen LogP contribution < -0.4 is 5.73 Å². The minimum atomic E-state index is -0.827. The predicted octanol–water partition coefficient (Wildman–Crippen LogP) is 2.37. The second-order valence-electron chi connectivity index (χ2n) is 5.27. The van der Waals surface area contributed by atoms with Crippen molar-refractivity contribution in [3.8, 4) is 0 Å². The van der Waals surface area contributed by atoms with E-state index in [1.54, 1.807) is 14.0 Å². The van der Waals surface area contributed by atoms with Gasteiger partial charge in [0.2, 0.25) is 5.91 Å². The molecule has 3 nitrogen and oxygen atoms in total. The van der Waals surface area contributed by atoms with Gasteiger partial charge in [0, 0.05) is 12.6 Å². The average molecular weight is 268 g/mol. The van der Waals surface area contributed by atoms with Crippen molar-refractivity contribution in [2.24, 2.45) is 5.73 Å². The normalized spacial score (nSPS) is 18.6. The van der Waals surface area contributed by atoms with Crippen LogP contribution in [0.1, 0.15) is 37.8 Å². The van der Waals surface area contributed by atoms with Crippen LogP contribution in [0, 0.1) is 11.6 Å². The van der Waals surface area contributed by atoms with Crippen molar-refractivity contribution in [1.82, 2.24) is 4.90 Å². The Morgan fingerprint density at radius 2 is 2.05 bits per heavy atom. The molecule has 1 unspecified atom stereocenters. The molecule has 1 aromatic rings. The molecule has 0 radical (unpaired) electrons. The number of carbonyl (C=O) groups is 1. The van der Waals surface area contributed by atoms with E-state index in [1.165, 1.54) is 4.90 Å². The van der Waals surface area contributed by atoms with Gasteiger partial charge in [-0.05, 0) is 44.4 Å². The molecule has 1 fully saturated rings. The fourth-order valence-corrected chi connectivity index (χ4v) is 2.34. The maximum absolute atomic E-state index is 13.7. The lowest BCUT2D eigenvalue weighted by Gasteiger charge is -2.41. The van der Waals surface area contributed by atoms with E-state index in [-0.39, 0.29) is 11.5 Å². The van der Waals surface area contributed by atoms with Gasteiger partial charge in [-0.15, -0.1) is 0 Å².